The van der Waals surface area contributed by atoms with Crippen LogP contribution in [0.1, 0.15) is 74.9 Å². The number of nitro groups is 1. The van der Waals surface area contributed by atoms with Crippen molar-refractivity contribution in [2.75, 3.05) is 6.61 Å². The molecule has 2 aromatic carbocycles. The van der Waals surface area contributed by atoms with E-state index in [1.807, 2.05) is 31.2 Å². The number of nitro benzene ring substituents is 1. The molecule has 0 aliphatic carbocycles. The maximum atomic E-state index is 14.0. The molecule has 0 saturated carbocycles. The molecular weight excluding hydrogens is 566 g/mol. The topological polar surface area (TPSA) is 117 Å². The summed E-state index contributed by atoms with van der Waals surface area (Å²) in [4.78, 5) is 43.9. The number of thiazole rings is 1. The predicted octanol–water partition coefficient (Wildman–Crippen LogP) is 6.18. The van der Waals surface area contributed by atoms with Crippen LogP contribution in [0.15, 0.2) is 80.1 Å². The number of benzene rings is 2. The van der Waals surface area contributed by atoms with Gasteiger partial charge in [-0.15, -0.1) is 0 Å². The first-order valence-corrected chi connectivity index (χ1v) is 15.1. The number of fused-ring (bicyclic) bond motifs is 1. The van der Waals surface area contributed by atoms with Gasteiger partial charge in [-0.1, -0.05) is 68.9 Å². The number of carbonyl (C=O) groups is 1. The standard InChI is InChI=1S/C33H33N3O6S/c1-6-8-25-29(32(38)41-7-2)30(22-12-10-21(11-13-22)19(3)4)35-31(37)28(43-33(35)34-25)18-23-14-16-27(42-23)24-15-9-20(5)17-26(24)36(39)40/h9-19,30H,6-8H2,1-5H3/b28-18-. The minimum Gasteiger partial charge on any atom is -0.463 e. The van der Waals surface area contributed by atoms with Gasteiger partial charge < -0.3 is 9.15 Å². The highest BCUT2D eigenvalue weighted by Gasteiger charge is 2.34. The monoisotopic (exact) mass is 599 g/mol. The van der Waals surface area contributed by atoms with E-state index in [1.165, 1.54) is 17.4 Å². The van der Waals surface area contributed by atoms with Crippen molar-refractivity contribution in [3.63, 3.8) is 0 Å². The molecule has 9 nitrogen and oxygen atoms in total. The summed E-state index contributed by atoms with van der Waals surface area (Å²) in [6, 6.07) is 15.5. The SMILES string of the molecule is CCCC1=C(C(=O)OCC)C(c2ccc(C(C)C)cc2)n2c(s/c(=C\c3ccc(-c4ccc(C)cc4[N+](=O)[O-])o3)c2=O)=N1. The van der Waals surface area contributed by atoms with Crippen molar-refractivity contribution in [2.45, 2.75) is 59.4 Å². The van der Waals surface area contributed by atoms with Crippen LogP contribution in [0.2, 0.25) is 0 Å². The summed E-state index contributed by atoms with van der Waals surface area (Å²) in [5.41, 5.74) is 3.65. The zero-order valence-electron chi connectivity index (χ0n) is 24.7. The van der Waals surface area contributed by atoms with E-state index in [1.54, 1.807) is 48.8 Å². The largest absolute Gasteiger partial charge is 0.463 e. The lowest BCUT2D eigenvalue weighted by atomic mass is 9.92. The van der Waals surface area contributed by atoms with Crippen molar-refractivity contribution in [3.05, 3.63) is 118 Å². The van der Waals surface area contributed by atoms with Crippen LogP contribution in [0.5, 0.6) is 0 Å². The number of hydrogen-bond acceptors (Lipinski definition) is 8. The third kappa shape index (κ3) is 5.87. The molecule has 0 bridgehead atoms. The Morgan fingerprint density at radius 2 is 1.91 bits per heavy atom. The molecule has 1 aliphatic heterocycles. The normalized spacial score (nSPS) is 15.0. The second-order valence-corrected chi connectivity index (χ2v) is 11.7. The fraction of sp³-hybridized carbons (Fsp3) is 0.303. The Labute approximate surface area is 252 Å². The van der Waals surface area contributed by atoms with Gasteiger partial charge in [0, 0.05) is 12.1 Å². The molecule has 222 valence electrons. The molecule has 1 atom stereocenters. The van der Waals surface area contributed by atoms with Gasteiger partial charge in [0.05, 0.1) is 38.9 Å². The van der Waals surface area contributed by atoms with Gasteiger partial charge in [-0.05, 0) is 61.1 Å². The van der Waals surface area contributed by atoms with Gasteiger partial charge in [0.2, 0.25) is 0 Å². The molecule has 5 rings (SSSR count). The van der Waals surface area contributed by atoms with Crippen LogP contribution in [0.25, 0.3) is 17.4 Å². The van der Waals surface area contributed by atoms with E-state index in [-0.39, 0.29) is 17.9 Å². The van der Waals surface area contributed by atoms with Gasteiger partial charge in [-0.2, -0.15) is 0 Å². The van der Waals surface area contributed by atoms with Crippen LogP contribution < -0.4 is 14.9 Å². The molecular formula is C33H33N3O6S. The number of hydrogen-bond donors (Lipinski definition) is 0. The molecule has 3 heterocycles. The first-order chi connectivity index (χ1) is 20.6. The fourth-order valence-corrected chi connectivity index (χ4v) is 6.20. The molecule has 1 aliphatic rings. The maximum Gasteiger partial charge on any atom is 0.338 e. The molecule has 1 unspecified atom stereocenters. The van der Waals surface area contributed by atoms with Crippen LogP contribution in [0, 0.1) is 17.0 Å². The lowest BCUT2D eigenvalue weighted by molar-refractivity contribution is -0.384. The molecule has 0 saturated heterocycles. The first-order valence-electron chi connectivity index (χ1n) is 14.3. The Balaban J connectivity index is 1.66. The van der Waals surface area contributed by atoms with E-state index >= 15 is 0 Å². The summed E-state index contributed by atoms with van der Waals surface area (Å²) in [5.74, 6) is 0.526. The summed E-state index contributed by atoms with van der Waals surface area (Å²) < 4.78 is 13.4. The molecule has 0 N–H and O–H groups in total. The molecule has 4 aromatic rings. The van der Waals surface area contributed by atoms with Crippen molar-refractivity contribution in [1.29, 1.82) is 0 Å². The Bertz CT molecular complexity index is 1910. The Morgan fingerprint density at radius 3 is 2.56 bits per heavy atom. The third-order valence-electron chi connectivity index (χ3n) is 7.33. The van der Waals surface area contributed by atoms with Gasteiger partial charge in [0.25, 0.3) is 11.2 Å². The quantitative estimate of drug-likeness (QED) is 0.129. The Hall–Kier alpha value is -4.57. The molecule has 0 fully saturated rings. The third-order valence-corrected chi connectivity index (χ3v) is 8.31. The highest BCUT2D eigenvalue weighted by molar-refractivity contribution is 7.07. The van der Waals surface area contributed by atoms with Crippen LogP contribution >= 0.6 is 11.3 Å². The summed E-state index contributed by atoms with van der Waals surface area (Å²) in [5, 5.41) is 11.7. The average Bonchev–Trinajstić information content (AvgIpc) is 3.56. The van der Waals surface area contributed by atoms with Gasteiger partial charge in [-0.25, -0.2) is 9.79 Å². The molecule has 10 heteroatoms. The summed E-state index contributed by atoms with van der Waals surface area (Å²) in [7, 11) is 0. The average molecular weight is 600 g/mol. The molecule has 43 heavy (non-hydrogen) atoms. The molecule has 2 aromatic heterocycles. The van der Waals surface area contributed by atoms with Crippen molar-refractivity contribution in [1.82, 2.24) is 4.57 Å². The molecule has 0 amide bonds. The van der Waals surface area contributed by atoms with E-state index in [2.05, 4.69) is 13.8 Å². The van der Waals surface area contributed by atoms with Gasteiger partial charge in [0.15, 0.2) is 4.80 Å². The Kier molecular flexibility index (Phi) is 8.59. The lowest BCUT2D eigenvalue weighted by Gasteiger charge is -2.26. The number of esters is 1. The van der Waals surface area contributed by atoms with Gasteiger partial charge in [-0.3, -0.25) is 19.5 Å². The van der Waals surface area contributed by atoms with Crippen LogP contribution in [-0.2, 0) is 9.53 Å². The number of nitrogens with zero attached hydrogens (tertiary/aromatic N) is 3. The first kappa shape index (κ1) is 29.9. The van der Waals surface area contributed by atoms with Crippen LogP contribution in [0.3, 0.4) is 0 Å². The summed E-state index contributed by atoms with van der Waals surface area (Å²) in [6.07, 6.45) is 2.92. The van der Waals surface area contributed by atoms with E-state index < -0.39 is 16.9 Å². The second kappa shape index (κ2) is 12.3. The number of ether oxygens (including phenoxy) is 1. The molecule has 0 spiro atoms. The second-order valence-electron chi connectivity index (χ2n) is 10.7. The maximum absolute atomic E-state index is 14.0. The highest BCUT2D eigenvalue weighted by Crippen LogP contribution is 2.34. The van der Waals surface area contributed by atoms with Crippen molar-refractivity contribution in [3.8, 4) is 11.3 Å². The smallest absolute Gasteiger partial charge is 0.338 e. The van der Waals surface area contributed by atoms with E-state index in [0.29, 0.717) is 50.0 Å². The summed E-state index contributed by atoms with van der Waals surface area (Å²) >= 11 is 1.21. The number of allylic oxidation sites excluding steroid dienone is 1. The van der Waals surface area contributed by atoms with Crippen LogP contribution in [-0.4, -0.2) is 22.1 Å². The van der Waals surface area contributed by atoms with Crippen molar-refractivity contribution >= 4 is 29.1 Å². The minimum atomic E-state index is -0.706. The highest BCUT2D eigenvalue weighted by atomic mass is 32.1. The lowest BCUT2D eigenvalue weighted by Crippen LogP contribution is -2.40. The van der Waals surface area contributed by atoms with E-state index in [0.717, 1.165) is 23.1 Å². The van der Waals surface area contributed by atoms with Gasteiger partial charge >= 0.3 is 5.97 Å². The molecule has 0 radical (unpaired) electrons. The number of aromatic nitrogens is 1. The van der Waals surface area contributed by atoms with E-state index in [9.17, 15) is 19.7 Å². The van der Waals surface area contributed by atoms with Crippen molar-refractivity contribution in [2.24, 2.45) is 4.99 Å². The summed E-state index contributed by atoms with van der Waals surface area (Å²) in [6.45, 7) is 9.97. The minimum absolute atomic E-state index is 0.0568. The number of rotatable bonds is 9. The van der Waals surface area contributed by atoms with Crippen LogP contribution in [0.4, 0.5) is 5.69 Å². The number of furan rings is 1. The Morgan fingerprint density at radius 1 is 1.16 bits per heavy atom. The number of carbonyl (C=O) groups excluding carboxylic acids is 1. The van der Waals surface area contributed by atoms with E-state index in [4.69, 9.17) is 14.1 Å². The fourth-order valence-electron chi connectivity index (χ4n) is 5.20. The zero-order valence-corrected chi connectivity index (χ0v) is 25.6. The van der Waals surface area contributed by atoms with Crippen molar-refractivity contribution < 1.29 is 18.9 Å². The predicted molar refractivity (Wildman–Crippen MR) is 166 cm³/mol. The zero-order chi connectivity index (χ0) is 30.8. The van der Waals surface area contributed by atoms with Gasteiger partial charge in [0.1, 0.15) is 11.5 Å². The number of aryl methyl sites for hydroxylation is 1.